The van der Waals surface area contributed by atoms with Crippen LogP contribution < -0.4 is 5.32 Å². The first-order chi connectivity index (χ1) is 9.22. The van der Waals surface area contributed by atoms with Crippen LogP contribution in [0.15, 0.2) is 4.99 Å². The molecular weight excluding hydrogens is 240 g/mol. The van der Waals surface area contributed by atoms with Crippen LogP contribution in [0.2, 0.25) is 0 Å². The molecular formula is C15H26N2O2. The van der Waals surface area contributed by atoms with Gasteiger partial charge < -0.3 is 10.1 Å². The molecule has 1 aliphatic carbocycles. The number of rotatable bonds is 5. The van der Waals surface area contributed by atoms with Gasteiger partial charge in [-0.1, -0.05) is 39.0 Å². The van der Waals surface area contributed by atoms with Crippen LogP contribution in [0.25, 0.3) is 0 Å². The highest BCUT2D eigenvalue weighted by molar-refractivity contribution is 6.09. The average Bonchev–Trinajstić information content (AvgIpc) is 2.63. The molecule has 1 N–H and O–H groups in total. The van der Waals surface area contributed by atoms with Gasteiger partial charge in [0.2, 0.25) is 5.91 Å². The summed E-state index contributed by atoms with van der Waals surface area (Å²) in [5, 5.41) is 3.00. The SMILES string of the molecule is CCCC1N=C(C2(OCC)CCCCCC2)NC1=O. The molecule has 4 nitrogen and oxygen atoms in total. The zero-order valence-corrected chi connectivity index (χ0v) is 12.2. The Morgan fingerprint density at radius 1 is 1.26 bits per heavy atom. The van der Waals surface area contributed by atoms with Gasteiger partial charge in [0.25, 0.3) is 0 Å². The van der Waals surface area contributed by atoms with Crippen LogP contribution in [0.5, 0.6) is 0 Å². The van der Waals surface area contributed by atoms with Gasteiger partial charge in [0.1, 0.15) is 17.5 Å². The molecule has 0 aromatic heterocycles. The molecule has 4 heteroatoms. The molecule has 1 amide bonds. The molecule has 19 heavy (non-hydrogen) atoms. The third kappa shape index (κ3) is 3.16. The monoisotopic (exact) mass is 266 g/mol. The minimum absolute atomic E-state index is 0.0557. The Kier molecular flexibility index (Phi) is 4.97. The van der Waals surface area contributed by atoms with Gasteiger partial charge in [-0.2, -0.15) is 0 Å². The summed E-state index contributed by atoms with van der Waals surface area (Å²) in [5.41, 5.74) is -0.330. The van der Waals surface area contributed by atoms with Gasteiger partial charge in [-0.05, 0) is 26.2 Å². The second-order valence-corrected chi connectivity index (χ2v) is 5.61. The fraction of sp³-hybridized carbons (Fsp3) is 0.867. The van der Waals surface area contributed by atoms with Crippen molar-refractivity contribution in [2.24, 2.45) is 4.99 Å². The van der Waals surface area contributed by atoms with Crippen molar-refractivity contribution in [2.45, 2.75) is 76.9 Å². The zero-order chi connectivity index (χ0) is 13.7. The van der Waals surface area contributed by atoms with Crippen molar-refractivity contribution in [3.8, 4) is 0 Å². The smallest absolute Gasteiger partial charge is 0.250 e. The summed E-state index contributed by atoms with van der Waals surface area (Å²) in [6.45, 7) is 4.78. The molecule has 108 valence electrons. The van der Waals surface area contributed by atoms with Crippen LogP contribution in [0.4, 0.5) is 0 Å². The zero-order valence-electron chi connectivity index (χ0n) is 12.2. The summed E-state index contributed by atoms with van der Waals surface area (Å²) in [6.07, 6.45) is 8.62. The molecule has 1 fully saturated rings. The van der Waals surface area contributed by atoms with Crippen LogP contribution in [-0.4, -0.2) is 30.0 Å². The first-order valence-electron chi connectivity index (χ1n) is 7.75. The molecule has 0 bridgehead atoms. The van der Waals surface area contributed by atoms with Crippen LogP contribution in [-0.2, 0) is 9.53 Å². The lowest BCUT2D eigenvalue weighted by Crippen LogP contribution is -2.48. The minimum Gasteiger partial charge on any atom is -0.367 e. The van der Waals surface area contributed by atoms with E-state index in [0.29, 0.717) is 6.61 Å². The standard InChI is InChI=1S/C15H26N2O2/c1-3-9-12-13(18)17-14(16-12)15(19-4-2)10-7-5-6-8-11-15/h12H,3-11H2,1-2H3,(H,16,17,18). The van der Waals surface area contributed by atoms with Crippen molar-refractivity contribution in [2.75, 3.05) is 6.61 Å². The number of carbonyl (C=O) groups is 1. The van der Waals surface area contributed by atoms with E-state index in [9.17, 15) is 4.79 Å². The number of amides is 1. The van der Waals surface area contributed by atoms with E-state index in [-0.39, 0.29) is 17.6 Å². The van der Waals surface area contributed by atoms with Crippen molar-refractivity contribution in [3.05, 3.63) is 0 Å². The number of aliphatic imine (C=N–C) groups is 1. The third-order valence-corrected chi connectivity index (χ3v) is 4.15. The second-order valence-electron chi connectivity index (χ2n) is 5.61. The fourth-order valence-corrected chi connectivity index (χ4v) is 3.17. The Labute approximate surface area is 116 Å². The van der Waals surface area contributed by atoms with Gasteiger partial charge in [0.15, 0.2) is 0 Å². The van der Waals surface area contributed by atoms with E-state index in [2.05, 4.69) is 17.2 Å². The van der Waals surface area contributed by atoms with E-state index in [4.69, 9.17) is 4.74 Å². The quantitative estimate of drug-likeness (QED) is 0.778. The maximum absolute atomic E-state index is 12.0. The summed E-state index contributed by atoms with van der Waals surface area (Å²) in [7, 11) is 0. The summed E-state index contributed by atoms with van der Waals surface area (Å²) in [6, 6.07) is -0.194. The highest BCUT2D eigenvalue weighted by Gasteiger charge is 2.42. The molecule has 1 heterocycles. The highest BCUT2D eigenvalue weighted by Crippen LogP contribution is 2.33. The Hall–Kier alpha value is -0.900. The molecule has 0 radical (unpaired) electrons. The van der Waals surface area contributed by atoms with Crippen LogP contribution in [0.3, 0.4) is 0 Å². The van der Waals surface area contributed by atoms with E-state index < -0.39 is 0 Å². The number of carbonyl (C=O) groups excluding carboxylic acids is 1. The molecule has 2 aliphatic rings. The van der Waals surface area contributed by atoms with Gasteiger partial charge in [-0.3, -0.25) is 9.79 Å². The number of nitrogens with one attached hydrogen (secondary N) is 1. The van der Waals surface area contributed by atoms with Crippen molar-refractivity contribution in [3.63, 3.8) is 0 Å². The second kappa shape index (κ2) is 6.51. The molecule has 0 aromatic rings. The third-order valence-electron chi connectivity index (χ3n) is 4.15. The Bertz CT molecular complexity index is 344. The summed E-state index contributed by atoms with van der Waals surface area (Å²) < 4.78 is 6.06. The fourth-order valence-electron chi connectivity index (χ4n) is 3.17. The maximum atomic E-state index is 12.0. The molecule has 1 aliphatic heterocycles. The number of nitrogens with zero attached hydrogens (tertiary/aromatic N) is 1. The van der Waals surface area contributed by atoms with E-state index in [1.165, 1.54) is 12.8 Å². The average molecular weight is 266 g/mol. The van der Waals surface area contributed by atoms with Crippen molar-refractivity contribution in [1.82, 2.24) is 5.32 Å². The Balaban J connectivity index is 2.18. The minimum atomic E-state index is -0.330. The molecule has 1 unspecified atom stereocenters. The van der Waals surface area contributed by atoms with Crippen LogP contribution >= 0.6 is 0 Å². The van der Waals surface area contributed by atoms with E-state index in [1.807, 2.05) is 6.92 Å². The predicted molar refractivity (Wildman–Crippen MR) is 76.3 cm³/mol. The normalized spacial score (nSPS) is 26.7. The number of hydrogen-bond acceptors (Lipinski definition) is 3. The summed E-state index contributed by atoms with van der Waals surface area (Å²) in [5.74, 6) is 0.861. The highest BCUT2D eigenvalue weighted by atomic mass is 16.5. The van der Waals surface area contributed by atoms with Gasteiger partial charge in [0, 0.05) is 6.61 Å². The Morgan fingerprint density at radius 2 is 1.95 bits per heavy atom. The van der Waals surface area contributed by atoms with Crippen molar-refractivity contribution in [1.29, 1.82) is 0 Å². The lowest BCUT2D eigenvalue weighted by atomic mass is 9.92. The van der Waals surface area contributed by atoms with Crippen LogP contribution in [0, 0.1) is 0 Å². The first-order valence-corrected chi connectivity index (χ1v) is 7.75. The van der Waals surface area contributed by atoms with Gasteiger partial charge >= 0.3 is 0 Å². The lowest BCUT2D eigenvalue weighted by molar-refractivity contribution is -0.120. The predicted octanol–water partition coefficient (Wildman–Crippen LogP) is 2.81. The largest absolute Gasteiger partial charge is 0.367 e. The molecule has 0 spiro atoms. The van der Waals surface area contributed by atoms with Crippen molar-refractivity contribution >= 4 is 11.7 Å². The molecule has 0 saturated heterocycles. The molecule has 1 atom stereocenters. The summed E-state index contributed by atoms with van der Waals surface area (Å²) in [4.78, 5) is 16.6. The maximum Gasteiger partial charge on any atom is 0.250 e. The summed E-state index contributed by atoms with van der Waals surface area (Å²) >= 11 is 0. The van der Waals surface area contributed by atoms with E-state index in [0.717, 1.165) is 44.4 Å². The van der Waals surface area contributed by atoms with Crippen LogP contribution in [0.1, 0.15) is 65.2 Å². The Morgan fingerprint density at radius 3 is 2.53 bits per heavy atom. The molecule has 1 saturated carbocycles. The molecule has 0 aromatic carbocycles. The van der Waals surface area contributed by atoms with E-state index in [1.54, 1.807) is 0 Å². The lowest BCUT2D eigenvalue weighted by Gasteiger charge is -2.32. The van der Waals surface area contributed by atoms with Crippen molar-refractivity contribution < 1.29 is 9.53 Å². The van der Waals surface area contributed by atoms with E-state index >= 15 is 0 Å². The number of hydrogen-bond donors (Lipinski definition) is 1. The van der Waals surface area contributed by atoms with Gasteiger partial charge in [-0.15, -0.1) is 0 Å². The number of amidine groups is 1. The molecule has 2 rings (SSSR count). The van der Waals surface area contributed by atoms with Gasteiger partial charge in [0.05, 0.1) is 0 Å². The first kappa shape index (κ1) is 14.5. The van der Waals surface area contributed by atoms with Gasteiger partial charge in [-0.25, -0.2) is 0 Å². The number of ether oxygens (including phenoxy) is 1. The topological polar surface area (TPSA) is 50.7 Å².